The van der Waals surface area contributed by atoms with Crippen molar-refractivity contribution >= 4 is 11.6 Å². The molecule has 1 unspecified atom stereocenters. The first-order chi connectivity index (χ1) is 14.8. The maximum atomic E-state index is 6.16. The Morgan fingerprint density at radius 3 is 2.70 bits per heavy atom. The van der Waals surface area contributed by atoms with Crippen molar-refractivity contribution in [2.75, 3.05) is 57.9 Å². The van der Waals surface area contributed by atoms with Gasteiger partial charge in [0.15, 0.2) is 5.96 Å². The normalized spacial score (nSPS) is 20.9. The van der Waals surface area contributed by atoms with Crippen molar-refractivity contribution in [2.45, 2.75) is 57.7 Å². The van der Waals surface area contributed by atoms with Gasteiger partial charge in [-0.3, -0.25) is 4.99 Å². The van der Waals surface area contributed by atoms with E-state index in [-0.39, 0.29) is 0 Å². The molecule has 0 saturated carbocycles. The number of likely N-dealkylation sites (tertiary alicyclic amines) is 1. The Labute approximate surface area is 182 Å². The van der Waals surface area contributed by atoms with Gasteiger partial charge in [0.25, 0.3) is 0 Å². The van der Waals surface area contributed by atoms with Crippen LogP contribution < -0.4 is 10.2 Å². The maximum Gasteiger partial charge on any atom is 0.193 e. The first-order valence-electron chi connectivity index (χ1n) is 11.8. The van der Waals surface area contributed by atoms with Crippen LogP contribution in [0.25, 0.3) is 0 Å². The van der Waals surface area contributed by atoms with E-state index in [4.69, 9.17) is 14.5 Å². The molecule has 0 amide bonds. The molecular formula is C24H40N4O2. The molecule has 1 N–H and O–H groups in total. The third-order valence-corrected chi connectivity index (χ3v) is 5.98. The Hall–Kier alpha value is -1.79. The molecule has 0 bridgehead atoms. The molecule has 0 spiro atoms. The van der Waals surface area contributed by atoms with Crippen LogP contribution in [-0.2, 0) is 9.47 Å². The first-order valence-corrected chi connectivity index (χ1v) is 11.8. The number of benzene rings is 1. The predicted octanol–water partition coefficient (Wildman–Crippen LogP) is 3.53. The van der Waals surface area contributed by atoms with Crippen LogP contribution in [0.3, 0.4) is 0 Å². The Morgan fingerprint density at radius 1 is 1.20 bits per heavy atom. The lowest BCUT2D eigenvalue weighted by Gasteiger charge is -2.35. The van der Waals surface area contributed by atoms with E-state index in [1.165, 1.54) is 18.5 Å². The van der Waals surface area contributed by atoms with E-state index >= 15 is 0 Å². The number of para-hydroxylation sites is 1. The number of anilines is 1. The van der Waals surface area contributed by atoms with E-state index in [2.05, 4.69) is 59.4 Å². The summed E-state index contributed by atoms with van der Waals surface area (Å²) in [5, 5.41) is 3.47. The van der Waals surface area contributed by atoms with E-state index in [1.807, 2.05) is 0 Å². The average molecular weight is 417 g/mol. The highest BCUT2D eigenvalue weighted by Gasteiger charge is 2.23. The van der Waals surface area contributed by atoms with Crippen molar-refractivity contribution in [3.8, 4) is 0 Å². The van der Waals surface area contributed by atoms with E-state index < -0.39 is 0 Å². The van der Waals surface area contributed by atoms with Crippen LogP contribution in [0.15, 0.2) is 35.3 Å². The SMILES string of the molecule is CCNC(=NCCCN(C)c1ccccc1)N1CCC(OCC2CCCCO2)CC1. The third kappa shape index (κ3) is 7.47. The third-order valence-electron chi connectivity index (χ3n) is 5.98. The zero-order chi connectivity index (χ0) is 21.0. The topological polar surface area (TPSA) is 49.3 Å². The van der Waals surface area contributed by atoms with Crippen LogP contribution in [0.1, 0.15) is 45.4 Å². The van der Waals surface area contributed by atoms with Crippen molar-refractivity contribution in [1.82, 2.24) is 10.2 Å². The van der Waals surface area contributed by atoms with Crippen LogP contribution in [0.5, 0.6) is 0 Å². The summed E-state index contributed by atoms with van der Waals surface area (Å²) in [4.78, 5) is 9.57. The number of guanidine groups is 1. The Morgan fingerprint density at radius 2 is 2.00 bits per heavy atom. The van der Waals surface area contributed by atoms with Crippen LogP contribution in [0.2, 0.25) is 0 Å². The summed E-state index contributed by atoms with van der Waals surface area (Å²) < 4.78 is 12.0. The fourth-order valence-electron chi connectivity index (χ4n) is 4.15. The summed E-state index contributed by atoms with van der Waals surface area (Å²) in [6, 6.07) is 10.5. The van der Waals surface area contributed by atoms with Crippen molar-refractivity contribution < 1.29 is 9.47 Å². The minimum absolute atomic E-state index is 0.310. The van der Waals surface area contributed by atoms with Gasteiger partial charge in [-0.25, -0.2) is 0 Å². The molecule has 1 aromatic rings. The molecule has 2 heterocycles. The van der Waals surface area contributed by atoms with Gasteiger partial charge in [0.1, 0.15) is 0 Å². The molecule has 2 saturated heterocycles. The summed E-state index contributed by atoms with van der Waals surface area (Å²) in [5.41, 5.74) is 1.26. The number of hydrogen-bond acceptors (Lipinski definition) is 4. The Balaban J connectivity index is 1.37. The highest BCUT2D eigenvalue weighted by Crippen LogP contribution is 2.18. The summed E-state index contributed by atoms with van der Waals surface area (Å²) in [6.45, 7) is 8.56. The van der Waals surface area contributed by atoms with Crippen LogP contribution in [-0.4, -0.2) is 76.1 Å². The molecule has 0 aliphatic carbocycles. The minimum Gasteiger partial charge on any atom is -0.376 e. The average Bonchev–Trinajstić information content (AvgIpc) is 2.81. The second-order valence-corrected chi connectivity index (χ2v) is 8.35. The fourth-order valence-corrected chi connectivity index (χ4v) is 4.15. The Kier molecular flexibility index (Phi) is 9.77. The van der Waals surface area contributed by atoms with Gasteiger partial charge in [-0.15, -0.1) is 0 Å². The number of hydrogen-bond donors (Lipinski definition) is 1. The molecular weight excluding hydrogens is 376 g/mol. The molecule has 6 nitrogen and oxygen atoms in total. The lowest BCUT2D eigenvalue weighted by molar-refractivity contribution is -0.0721. The van der Waals surface area contributed by atoms with Gasteiger partial charge in [-0.1, -0.05) is 18.2 Å². The first kappa shape index (κ1) is 22.9. The second-order valence-electron chi connectivity index (χ2n) is 8.35. The number of nitrogens with zero attached hydrogens (tertiary/aromatic N) is 3. The van der Waals surface area contributed by atoms with E-state index in [0.29, 0.717) is 12.2 Å². The monoisotopic (exact) mass is 416 g/mol. The molecule has 6 heteroatoms. The molecule has 2 aliphatic heterocycles. The van der Waals surface area contributed by atoms with Crippen molar-refractivity contribution in [2.24, 2.45) is 4.99 Å². The van der Waals surface area contributed by atoms with Gasteiger partial charge in [-0.2, -0.15) is 0 Å². The standard InChI is InChI=1S/C24H40N4O2/c1-3-25-24(26-15-9-16-27(2)21-10-5-4-6-11-21)28-17-13-22(14-18-28)30-20-23-12-7-8-19-29-23/h4-6,10-11,22-23H,3,7-9,12-20H2,1-2H3,(H,25,26). The number of piperidine rings is 1. The van der Waals surface area contributed by atoms with Gasteiger partial charge >= 0.3 is 0 Å². The molecule has 3 rings (SSSR count). The molecule has 2 aliphatic rings. The van der Waals surface area contributed by atoms with Gasteiger partial charge < -0.3 is 24.6 Å². The minimum atomic E-state index is 0.310. The highest BCUT2D eigenvalue weighted by atomic mass is 16.5. The predicted molar refractivity (Wildman–Crippen MR) is 124 cm³/mol. The zero-order valence-electron chi connectivity index (χ0n) is 18.9. The second kappa shape index (κ2) is 12.8. The van der Waals surface area contributed by atoms with Crippen LogP contribution in [0.4, 0.5) is 5.69 Å². The number of rotatable bonds is 9. The van der Waals surface area contributed by atoms with Crippen molar-refractivity contribution in [3.63, 3.8) is 0 Å². The molecule has 0 aromatic heterocycles. The summed E-state index contributed by atoms with van der Waals surface area (Å²) in [6.07, 6.45) is 7.46. The van der Waals surface area contributed by atoms with Crippen molar-refractivity contribution in [1.29, 1.82) is 0 Å². The van der Waals surface area contributed by atoms with Gasteiger partial charge in [0.2, 0.25) is 0 Å². The summed E-state index contributed by atoms with van der Waals surface area (Å²) in [5.74, 6) is 1.05. The highest BCUT2D eigenvalue weighted by molar-refractivity contribution is 5.80. The van der Waals surface area contributed by atoms with Crippen molar-refractivity contribution in [3.05, 3.63) is 30.3 Å². The zero-order valence-corrected chi connectivity index (χ0v) is 18.9. The van der Waals surface area contributed by atoms with E-state index in [0.717, 1.165) is 77.6 Å². The fraction of sp³-hybridized carbons (Fsp3) is 0.708. The van der Waals surface area contributed by atoms with Gasteiger partial charge in [-0.05, 0) is 57.6 Å². The lowest BCUT2D eigenvalue weighted by Crippen LogP contribution is -2.47. The summed E-state index contributed by atoms with van der Waals surface area (Å²) >= 11 is 0. The van der Waals surface area contributed by atoms with Gasteiger partial charge in [0, 0.05) is 52.1 Å². The summed E-state index contributed by atoms with van der Waals surface area (Å²) in [7, 11) is 2.15. The molecule has 168 valence electrons. The van der Waals surface area contributed by atoms with Gasteiger partial charge in [0.05, 0.1) is 18.8 Å². The van der Waals surface area contributed by atoms with Crippen LogP contribution >= 0.6 is 0 Å². The maximum absolute atomic E-state index is 6.16. The largest absolute Gasteiger partial charge is 0.376 e. The number of nitrogens with one attached hydrogen (secondary N) is 1. The smallest absolute Gasteiger partial charge is 0.193 e. The number of aliphatic imine (C=N–C) groups is 1. The molecule has 30 heavy (non-hydrogen) atoms. The van der Waals surface area contributed by atoms with E-state index in [1.54, 1.807) is 0 Å². The quantitative estimate of drug-likeness (QED) is 0.379. The van der Waals surface area contributed by atoms with E-state index in [9.17, 15) is 0 Å². The molecule has 1 atom stereocenters. The molecule has 0 radical (unpaired) electrons. The number of ether oxygens (including phenoxy) is 2. The molecule has 1 aromatic carbocycles. The Bertz CT molecular complexity index is 611. The molecule has 2 fully saturated rings. The lowest BCUT2D eigenvalue weighted by atomic mass is 10.1. The van der Waals surface area contributed by atoms with Crippen LogP contribution in [0, 0.1) is 0 Å².